The Morgan fingerprint density at radius 3 is 2.30 bits per heavy atom. The van der Waals surface area contributed by atoms with E-state index in [1.807, 2.05) is 30.3 Å². The van der Waals surface area contributed by atoms with E-state index in [1.165, 1.54) is 12.1 Å². The lowest BCUT2D eigenvalue weighted by Gasteiger charge is -2.18. The molecular weight excluding hydrogens is 278 g/mol. The van der Waals surface area contributed by atoms with Gasteiger partial charge in [-0.05, 0) is 17.7 Å². The molecule has 0 bridgehead atoms. The van der Waals surface area contributed by atoms with Crippen LogP contribution in [-0.4, -0.2) is 10.8 Å². The summed E-state index contributed by atoms with van der Waals surface area (Å²) in [6.45, 7) is 0. The van der Waals surface area contributed by atoms with Gasteiger partial charge in [-0.15, -0.1) is 11.6 Å². The molecule has 1 atom stereocenters. The monoisotopic (exact) mass is 291 g/mol. The van der Waals surface area contributed by atoms with E-state index in [0.717, 1.165) is 5.56 Å². The predicted molar refractivity (Wildman–Crippen MR) is 78.2 cm³/mol. The van der Waals surface area contributed by atoms with E-state index in [1.54, 1.807) is 12.1 Å². The molecule has 0 fully saturated rings. The number of non-ortho nitro benzene ring substituents is 1. The Bertz CT molecular complexity index is 557. The summed E-state index contributed by atoms with van der Waals surface area (Å²) in [5.74, 6) is 1.07. The molecule has 0 unspecified atom stereocenters. The number of halogens is 1. The van der Waals surface area contributed by atoms with Crippen LogP contribution in [0.2, 0.25) is 0 Å². The number of hydrogen-bond donors (Lipinski definition) is 0. The molecule has 104 valence electrons. The lowest BCUT2D eigenvalue weighted by molar-refractivity contribution is -0.384. The Hall–Kier alpha value is -2.07. The molecule has 4 nitrogen and oxygen atoms in total. The van der Waals surface area contributed by atoms with E-state index >= 15 is 0 Å². The van der Waals surface area contributed by atoms with Crippen molar-refractivity contribution in [1.82, 2.24) is 0 Å². The molecule has 20 heavy (non-hydrogen) atoms. The molecule has 0 saturated heterocycles. The second-order valence-electron chi connectivity index (χ2n) is 4.25. The molecule has 0 aliphatic carbocycles. The average molecular weight is 292 g/mol. The van der Waals surface area contributed by atoms with Crippen molar-refractivity contribution in [2.45, 2.75) is 12.5 Å². The van der Waals surface area contributed by atoms with Gasteiger partial charge in [0.25, 0.3) is 5.69 Å². The summed E-state index contributed by atoms with van der Waals surface area (Å²) >= 11 is 5.81. The molecule has 0 aliphatic rings. The van der Waals surface area contributed by atoms with Gasteiger partial charge < -0.3 is 4.74 Å². The normalized spacial score (nSPS) is 11.8. The second-order valence-corrected chi connectivity index (χ2v) is 4.62. The van der Waals surface area contributed by atoms with Crippen LogP contribution in [-0.2, 0) is 0 Å². The molecule has 5 heteroatoms. The molecule has 0 N–H and O–H groups in total. The zero-order valence-electron chi connectivity index (χ0n) is 10.7. The van der Waals surface area contributed by atoms with Crippen LogP contribution >= 0.6 is 11.6 Å². The third-order valence-electron chi connectivity index (χ3n) is 2.87. The first-order chi connectivity index (χ1) is 9.70. The van der Waals surface area contributed by atoms with Gasteiger partial charge in [-0.2, -0.15) is 0 Å². The van der Waals surface area contributed by atoms with Crippen molar-refractivity contribution in [2.24, 2.45) is 0 Å². The van der Waals surface area contributed by atoms with Gasteiger partial charge in [0.05, 0.1) is 4.92 Å². The van der Waals surface area contributed by atoms with Crippen LogP contribution in [0.25, 0.3) is 0 Å². The molecule has 0 amide bonds. The quantitative estimate of drug-likeness (QED) is 0.452. The maximum atomic E-state index is 10.6. The van der Waals surface area contributed by atoms with Crippen LogP contribution in [0, 0.1) is 10.1 Å². The van der Waals surface area contributed by atoms with Crippen molar-refractivity contribution >= 4 is 17.3 Å². The zero-order chi connectivity index (χ0) is 14.4. The highest BCUT2D eigenvalue weighted by molar-refractivity contribution is 6.17. The maximum Gasteiger partial charge on any atom is 0.269 e. The van der Waals surface area contributed by atoms with Gasteiger partial charge in [0, 0.05) is 24.4 Å². The van der Waals surface area contributed by atoms with Crippen molar-refractivity contribution in [2.75, 3.05) is 5.88 Å². The molecule has 0 spiro atoms. The summed E-state index contributed by atoms with van der Waals surface area (Å²) in [7, 11) is 0. The third-order valence-corrected chi connectivity index (χ3v) is 3.09. The minimum atomic E-state index is -0.433. The molecule has 0 radical (unpaired) electrons. The first-order valence-corrected chi connectivity index (χ1v) is 6.76. The minimum Gasteiger partial charge on any atom is -0.486 e. The fraction of sp³-hybridized carbons (Fsp3) is 0.200. The van der Waals surface area contributed by atoms with Crippen LogP contribution in [0.15, 0.2) is 54.6 Å². The van der Waals surface area contributed by atoms with Crippen LogP contribution < -0.4 is 4.74 Å². The van der Waals surface area contributed by atoms with Crippen LogP contribution in [0.1, 0.15) is 18.1 Å². The van der Waals surface area contributed by atoms with Crippen molar-refractivity contribution in [3.05, 3.63) is 70.3 Å². The van der Waals surface area contributed by atoms with E-state index in [9.17, 15) is 10.1 Å². The Kier molecular flexibility index (Phi) is 4.96. The van der Waals surface area contributed by atoms with Gasteiger partial charge in [0.15, 0.2) is 0 Å². The smallest absolute Gasteiger partial charge is 0.269 e. The van der Waals surface area contributed by atoms with Crippen molar-refractivity contribution in [3.8, 4) is 5.75 Å². The topological polar surface area (TPSA) is 52.4 Å². The first kappa shape index (κ1) is 14.3. The Balaban J connectivity index is 2.14. The molecule has 0 saturated carbocycles. The van der Waals surface area contributed by atoms with Gasteiger partial charge >= 0.3 is 0 Å². The first-order valence-electron chi connectivity index (χ1n) is 6.22. The lowest BCUT2D eigenvalue weighted by Crippen LogP contribution is -2.08. The standard InChI is InChI=1S/C15H14ClNO3/c16-11-10-15(12-4-2-1-3-5-12)20-14-8-6-13(7-9-14)17(18)19/h1-9,15H,10-11H2/t15-/m1/s1. The van der Waals surface area contributed by atoms with Gasteiger partial charge in [0.1, 0.15) is 11.9 Å². The van der Waals surface area contributed by atoms with Crippen LogP contribution in [0.3, 0.4) is 0 Å². The third kappa shape index (κ3) is 3.71. The van der Waals surface area contributed by atoms with E-state index in [-0.39, 0.29) is 11.8 Å². The van der Waals surface area contributed by atoms with E-state index < -0.39 is 4.92 Å². The SMILES string of the molecule is O=[N+]([O-])c1ccc(O[C@H](CCCl)c2ccccc2)cc1. The molecule has 2 aromatic carbocycles. The number of nitro benzene ring substituents is 1. The van der Waals surface area contributed by atoms with Gasteiger partial charge in [0.2, 0.25) is 0 Å². The Labute approximate surface area is 122 Å². The van der Waals surface area contributed by atoms with E-state index in [4.69, 9.17) is 16.3 Å². The molecule has 0 heterocycles. The summed E-state index contributed by atoms with van der Waals surface area (Å²) in [5.41, 5.74) is 1.08. The van der Waals surface area contributed by atoms with Gasteiger partial charge in [-0.3, -0.25) is 10.1 Å². The summed E-state index contributed by atoms with van der Waals surface area (Å²) < 4.78 is 5.87. The molecule has 0 aliphatic heterocycles. The summed E-state index contributed by atoms with van der Waals surface area (Å²) in [5, 5.41) is 10.6. The number of alkyl halides is 1. The number of nitrogens with zero attached hydrogens (tertiary/aromatic N) is 1. The zero-order valence-corrected chi connectivity index (χ0v) is 11.5. The maximum absolute atomic E-state index is 10.6. The second kappa shape index (κ2) is 6.91. The summed E-state index contributed by atoms with van der Waals surface area (Å²) in [6, 6.07) is 15.8. The number of nitro groups is 1. The van der Waals surface area contributed by atoms with Gasteiger partial charge in [-0.25, -0.2) is 0 Å². The van der Waals surface area contributed by atoms with Crippen LogP contribution in [0.5, 0.6) is 5.75 Å². The van der Waals surface area contributed by atoms with Gasteiger partial charge in [-0.1, -0.05) is 30.3 Å². The fourth-order valence-electron chi connectivity index (χ4n) is 1.87. The van der Waals surface area contributed by atoms with E-state index in [0.29, 0.717) is 18.1 Å². The minimum absolute atomic E-state index is 0.0472. The van der Waals surface area contributed by atoms with E-state index in [2.05, 4.69) is 0 Å². The Morgan fingerprint density at radius 2 is 1.75 bits per heavy atom. The van der Waals surface area contributed by atoms with Crippen LogP contribution in [0.4, 0.5) is 5.69 Å². The fourth-order valence-corrected chi connectivity index (χ4v) is 2.07. The molecular formula is C15H14ClNO3. The van der Waals surface area contributed by atoms with Crippen molar-refractivity contribution in [1.29, 1.82) is 0 Å². The summed E-state index contributed by atoms with van der Waals surface area (Å²) in [4.78, 5) is 10.2. The average Bonchev–Trinajstić information content (AvgIpc) is 2.48. The number of benzene rings is 2. The number of ether oxygens (including phenoxy) is 1. The summed E-state index contributed by atoms with van der Waals surface area (Å²) in [6.07, 6.45) is 0.512. The highest BCUT2D eigenvalue weighted by Crippen LogP contribution is 2.26. The van der Waals surface area contributed by atoms with Crippen molar-refractivity contribution in [3.63, 3.8) is 0 Å². The Morgan fingerprint density at radius 1 is 1.10 bits per heavy atom. The molecule has 2 rings (SSSR count). The molecule has 2 aromatic rings. The molecule has 0 aromatic heterocycles. The lowest BCUT2D eigenvalue weighted by atomic mass is 10.1. The highest BCUT2D eigenvalue weighted by atomic mass is 35.5. The largest absolute Gasteiger partial charge is 0.486 e. The van der Waals surface area contributed by atoms with Crippen molar-refractivity contribution < 1.29 is 9.66 Å². The number of hydrogen-bond acceptors (Lipinski definition) is 3. The highest BCUT2D eigenvalue weighted by Gasteiger charge is 2.13. The predicted octanol–water partition coefficient (Wildman–Crippen LogP) is 4.34. The number of rotatable bonds is 6.